The fourth-order valence-electron chi connectivity index (χ4n) is 2.00. The van der Waals surface area contributed by atoms with Crippen molar-refractivity contribution in [2.24, 2.45) is 5.92 Å². The van der Waals surface area contributed by atoms with E-state index in [1.807, 2.05) is 12.1 Å². The van der Waals surface area contributed by atoms with E-state index in [0.29, 0.717) is 12.5 Å². The lowest BCUT2D eigenvalue weighted by molar-refractivity contribution is 0.0965. The van der Waals surface area contributed by atoms with Crippen LogP contribution in [0, 0.1) is 5.92 Å². The molecule has 0 spiro atoms. The van der Waals surface area contributed by atoms with Crippen LogP contribution in [0.25, 0.3) is 0 Å². The molecule has 0 heterocycles. The summed E-state index contributed by atoms with van der Waals surface area (Å²) in [6.07, 6.45) is 8.51. The third-order valence-corrected chi connectivity index (χ3v) is 3.21. The molecule has 0 saturated heterocycles. The highest BCUT2D eigenvalue weighted by Crippen LogP contribution is 2.13. The molecule has 0 aliphatic rings. The Labute approximate surface area is 112 Å². The third-order valence-electron chi connectivity index (χ3n) is 3.21. The Balaban J connectivity index is 2.13. The van der Waals surface area contributed by atoms with Gasteiger partial charge in [-0.15, -0.1) is 6.58 Å². The maximum Gasteiger partial charge on any atom is 0.0717 e. The smallest absolute Gasteiger partial charge is 0.0717 e. The van der Waals surface area contributed by atoms with Crippen molar-refractivity contribution in [3.05, 3.63) is 48.6 Å². The highest BCUT2D eigenvalue weighted by molar-refractivity contribution is 5.13. The summed E-state index contributed by atoms with van der Waals surface area (Å²) in [5.74, 6) is 0.505. The molecule has 1 aromatic rings. The molecule has 0 unspecified atom stereocenters. The van der Waals surface area contributed by atoms with Gasteiger partial charge in [-0.1, -0.05) is 69.0 Å². The second kappa shape index (κ2) is 9.90. The topological polar surface area (TPSA) is 9.23 Å². The quantitative estimate of drug-likeness (QED) is 0.418. The van der Waals surface area contributed by atoms with Crippen LogP contribution in [0.2, 0.25) is 0 Å². The number of unbranched alkanes of at least 4 members (excludes halogenated alkanes) is 3. The predicted octanol–water partition coefficient (Wildman–Crippen LogP) is 4.98. The molecule has 0 aliphatic heterocycles. The van der Waals surface area contributed by atoms with Gasteiger partial charge < -0.3 is 4.74 Å². The molecule has 18 heavy (non-hydrogen) atoms. The average molecular weight is 246 g/mol. The summed E-state index contributed by atoms with van der Waals surface area (Å²) in [7, 11) is 0. The van der Waals surface area contributed by atoms with Crippen molar-refractivity contribution in [2.75, 3.05) is 6.61 Å². The Morgan fingerprint density at radius 2 is 1.94 bits per heavy atom. The highest BCUT2D eigenvalue weighted by atomic mass is 16.5. The number of ether oxygens (including phenoxy) is 1. The normalized spacial score (nSPS) is 12.3. The maximum atomic E-state index is 5.76. The van der Waals surface area contributed by atoms with Crippen LogP contribution in [0.15, 0.2) is 43.0 Å². The summed E-state index contributed by atoms with van der Waals surface area (Å²) < 4.78 is 5.76. The van der Waals surface area contributed by atoms with Gasteiger partial charge >= 0.3 is 0 Å². The van der Waals surface area contributed by atoms with Gasteiger partial charge in [0, 0.05) is 0 Å². The molecular weight excluding hydrogens is 220 g/mol. The summed E-state index contributed by atoms with van der Waals surface area (Å²) in [6.45, 7) is 7.65. The summed E-state index contributed by atoms with van der Waals surface area (Å²) in [5, 5.41) is 0. The van der Waals surface area contributed by atoms with Gasteiger partial charge in [0.1, 0.15) is 0 Å². The van der Waals surface area contributed by atoms with Gasteiger partial charge in [-0.2, -0.15) is 0 Å². The first kappa shape index (κ1) is 15.0. The van der Waals surface area contributed by atoms with Gasteiger partial charge in [0.25, 0.3) is 0 Å². The van der Waals surface area contributed by atoms with E-state index < -0.39 is 0 Å². The van der Waals surface area contributed by atoms with Crippen LogP contribution in [0.4, 0.5) is 0 Å². The van der Waals surface area contributed by atoms with Gasteiger partial charge in [-0.25, -0.2) is 0 Å². The van der Waals surface area contributed by atoms with Crippen molar-refractivity contribution < 1.29 is 4.74 Å². The zero-order valence-electron chi connectivity index (χ0n) is 11.6. The molecule has 0 fully saturated rings. The van der Waals surface area contributed by atoms with E-state index in [1.165, 1.54) is 37.7 Å². The Hall–Kier alpha value is -1.08. The third kappa shape index (κ3) is 6.61. The molecule has 1 rings (SSSR count). The lowest BCUT2D eigenvalue weighted by atomic mass is 10.0. The van der Waals surface area contributed by atoms with Crippen LogP contribution in [0.5, 0.6) is 0 Å². The average Bonchev–Trinajstić information content (AvgIpc) is 2.42. The summed E-state index contributed by atoms with van der Waals surface area (Å²) in [4.78, 5) is 0. The van der Waals surface area contributed by atoms with Crippen molar-refractivity contribution in [1.82, 2.24) is 0 Å². The van der Waals surface area contributed by atoms with E-state index in [2.05, 4.69) is 37.8 Å². The lowest BCUT2D eigenvalue weighted by Crippen LogP contribution is -2.07. The van der Waals surface area contributed by atoms with Gasteiger partial charge in [-0.05, 0) is 17.9 Å². The second-order valence-corrected chi connectivity index (χ2v) is 4.85. The van der Waals surface area contributed by atoms with Crippen molar-refractivity contribution in [3.63, 3.8) is 0 Å². The van der Waals surface area contributed by atoms with Crippen LogP contribution >= 0.6 is 0 Å². The molecule has 1 aromatic carbocycles. The standard InChI is InChI=1S/C17H26O/c1-3-5-6-8-11-16(4-2)14-18-15-17-12-9-7-10-13-17/h4,7,9-10,12-13,16H,2-3,5-6,8,11,14-15H2,1H3/t16-/m0/s1. The second-order valence-electron chi connectivity index (χ2n) is 4.85. The molecule has 1 atom stereocenters. The molecular formula is C17H26O. The molecule has 0 bridgehead atoms. The molecule has 1 nitrogen and oxygen atoms in total. The zero-order chi connectivity index (χ0) is 13.1. The van der Waals surface area contributed by atoms with Gasteiger partial charge in [0.2, 0.25) is 0 Å². The van der Waals surface area contributed by atoms with E-state index in [4.69, 9.17) is 4.74 Å². The van der Waals surface area contributed by atoms with Gasteiger partial charge in [0.15, 0.2) is 0 Å². The van der Waals surface area contributed by atoms with Crippen LogP contribution in [-0.2, 0) is 11.3 Å². The van der Waals surface area contributed by atoms with Crippen molar-refractivity contribution in [2.45, 2.75) is 45.6 Å². The predicted molar refractivity (Wildman–Crippen MR) is 78.5 cm³/mol. The molecule has 1 heteroatoms. The summed E-state index contributed by atoms with van der Waals surface area (Å²) >= 11 is 0. The molecule has 0 saturated carbocycles. The van der Waals surface area contributed by atoms with E-state index >= 15 is 0 Å². The Morgan fingerprint density at radius 3 is 2.61 bits per heavy atom. The lowest BCUT2D eigenvalue weighted by Gasteiger charge is -2.12. The molecule has 0 amide bonds. The molecule has 0 aromatic heterocycles. The number of hydrogen-bond acceptors (Lipinski definition) is 1. The van der Waals surface area contributed by atoms with Crippen molar-refractivity contribution in [3.8, 4) is 0 Å². The molecule has 100 valence electrons. The zero-order valence-corrected chi connectivity index (χ0v) is 11.6. The summed E-state index contributed by atoms with van der Waals surface area (Å²) in [6, 6.07) is 10.3. The van der Waals surface area contributed by atoms with Crippen LogP contribution in [0.1, 0.15) is 44.6 Å². The van der Waals surface area contributed by atoms with Crippen LogP contribution < -0.4 is 0 Å². The fourth-order valence-corrected chi connectivity index (χ4v) is 2.00. The molecule has 0 N–H and O–H groups in total. The molecule has 0 radical (unpaired) electrons. The van der Waals surface area contributed by atoms with Crippen LogP contribution in [-0.4, -0.2) is 6.61 Å². The fraction of sp³-hybridized carbons (Fsp3) is 0.529. The minimum absolute atomic E-state index is 0.505. The monoisotopic (exact) mass is 246 g/mol. The van der Waals surface area contributed by atoms with E-state index in [0.717, 1.165) is 6.61 Å². The van der Waals surface area contributed by atoms with Crippen molar-refractivity contribution >= 4 is 0 Å². The van der Waals surface area contributed by atoms with E-state index in [-0.39, 0.29) is 0 Å². The minimum Gasteiger partial charge on any atom is -0.376 e. The van der Waals surface area contributed by atoms with E-state index in [9.17, 15) is 0 Å². The number of rotatable bonds is 10. The Morgan fingerprint density at radius 1 is 1.17 bits per heavy atom. The largest absolute Gasteiger partial charge is 0.376 e. The highest BCUT2D eigenvalue weighted by Gasteiger charge is 2.04. The Kier molecular flexibility index (Phi) is 8.24. The summed E-state index contributed by atoms with van der Waals surface area (Å²) in [5.41, 5.74) is 1.24. The number of benzene rings is 1. The maximum absolute atomic E-state index is 5.76. The first-order chi connectivity index (χ1) is 8.86. The van der Waals surface area contributed by atoms with E-state index in [1.54, 1.807) is 0 Å². The first-order valence-electron chi connectivity index (χ1n) is 7.11. The molecule has 0 aliphatic carbocycles. The Bertz CT molecular complexity index is 305. The van der Waals surface area contributed by atoms with Gasteiger partial charge in [-0.3, -0.25) is 0 Å². The van der Waals surface area contributed by atoms with Crippen molar-refractivity contribution in [1.29, 1.82) is 0 Å². The van der Waals surface area contributed by atoms with Gasteiger partial charge in [0.05, 0.1) is 13.2 Å². The minimum atomic E-state index is 0.505. The number of hydrogen-bond donors (Lipinski definition) is 0. The first-order valence-corrected chi connectivity index (χ1v) is 7.11. The SMILES string of the molecule is C=C[C@@H](CCCCCC)COCc1ccccc1. The van der Waals surface area contributed by atoms with Crippen LogP contribution in [0.3, 0.4) is 0 Å².